The molecule has 2 aliphatic rings. The van der Waals surface area contributed by atoms with Gasteiger partial charge in [-0.1, -0.05) is 13.3 Å². The van der Waals surface area contributed by atoms with E-state index in [1.165, 1.54) is 77.7 Å². The van der Waals surface area contributed by atoms with Crippen molar-refractivity contribution in [2.24, 2.45) is 11.8 Å². The fourth-order valence-corrected chi connectivity index (χ4v) is 3.39. The number of nitrogens with one attached hydrogen (secondary N) is 1. The number of likely N-dealkylation sites (tertiary alicyclic amines) is 1. The molecule has 1 N–H and O–H groups in total. The molecule has 17 heavy (non-hydrogen) atoms. The minimum Gasteiger partial charge on any atom is -0.317 e. The fraction of sp³-hybridized carbons (Fsp3) is 1.00. The number of piperidine rings is 2. The topological polar surface area (TPSA) is 15.3 Å². The Bertz CT molecular complexity index is 191. The number of hydrogen-bond donors (Lipinski definition) is 1. The van der Waals surface area contributed by atoms with Crippen molar-refractivity contribution in [3.63, 3.8) is 0 Å². The van der Waals surface area contributed by atoms with Crippen LogP contribution in [0, 0.1) is 11.8 Å². The van der Waals surface area contributed by atoms with Crippen LogP contribution in [-0.4, -0.2) is 37.6 Å². The van der Waals surface area contributed by atoms with E-state index in [1.54, 1.807) is 0 Å². The molecule has 0 saturated carbocycles. The van der Waals surface area contributed by atoms with E-state index < -0.39 is 0 Å². The Morgan fingerprint density at radius 1 is 1.00 bits per heavy atom. The van der Waals surface area contributed by atoms with Crippen LogP contribution in [0.2, 0.25) is 0 Å². The second-order valence-electron chi connectivity index (χ2n) is 6.03. The summed E-state index contributed by atoms with van der Waals surface area (Å²) in [5, 5.41) is 3.46. The van der Waals surface area contributed by atoms with Crippen molar-refractivity contribution in [1.29, 1.82) is 0 Å². The SMILES string of the molecule is CCC1CCN(CCCC2CCNCC2)CC1. The summed E-state index contributed by atoms with van der Waals surface area (Å²) in [5.74, 6) is 2.04. The van der Waals surface area contributed by atoms with Gasteiger partial charge in [-0.2, -0.15) is 0 Å². The van der Waals surface area contributed by atoms with Gasteiger partial charge in [0.15, 0.2) is 0 Å². The molecule has 2 nitrogen and oxygen atoms in total. The second kappa shape index (κ2) is 7.38. The van der Waals surface area contributed by atoms with Crippen LogP contribution >= 0.6 is 0 Å². The summed E-state index contributed by atoms with van der Waals surface area (Å²) < 4.78 is 0. The Kier molecular flexibility index (Phi) is 5.79. The molecule has 2 fully saturated rings. The Hall–Kier alpha value is -0.0800. The smallest absolute Gasteiger partial charge is 0.00161 e. The van der Waals surface area contributed by atoms with Crippen LogP contribution < -0.4 is 5.32 Å². The predicted molar refractivity (Wildman–Crippen MR) is 74.3 cm³/mol. The van der Waals surface area contributed by atoms with Crippen LogP contribution in [0.5, 0.6) is 0 Å². The van der Waals surface area contributed by atoms with E-state index in [1.807, 2.05) is 0 Å². The molecule has 0 aliphatic carbocycles. The van der Waals surface area contributed by atoms with Crippen molar-refractivity contribution in [2.45, 2.75) is 51.9 Å². The summed E-state index contributed by atoms with van der Waals surface area (Å²) in [6, 6.07) is 0. The summed E-state index contributed by atoms with van der Waals surface area (Å²) >= 11 is 0. The van der Waals surface area contributed by atoms with Crippen LogP contribution in [0.15, 0.2) is 0 Å². The maximum atomic E-state index is 3.46. The Morgan fingerprint density at radius 3 is 2.35 bits per heavy atom. The fourth-order valence-electron chi connectivity index (χ4n) is 3.39. The summed E-state index contributed by atoms with van der Waals surface area (Å²) in [5.41, 5.74) is 0. The van der Waals surface area contributed by atoms with Gasteiger partial charge in [0, 0.05) is 0 Å². The van der Waals surface area contributed by atoms with E-state index in [0.29, 0.717) is 0 Å². The highest BCUT2D eigenvalue weighted by molar-refractivity contribution is 4.73. The lowest BCUT2D eigenvalue weighted by Gasteiger charge is -2.32. The van der Waals surface area contributed by atoms with Gasteiger partial charge < -0.3 is 10.2 Å². The summed E-state index contributed by atoms with van der Waals surface area (Å²) in [6.07, 6.45) is 10.0. The lowest BCUT2D eigenvalue weighted by atomic mass is 9.92. The minimum atomic E-state index is 1.02. The highest BCUT2D eigenvalue weighted by Crippen LogP contribution is 2.22. The van der Waals surface area contributed by atoms with Gasteiger partial charge in [-0.15, -0.1) is 0 Å². The van der Waals surface area contributed by atoms with E-state index in [2.05, 4.69) is 17.1 Å². The minimum absolute atomic E-state index is 1.02. The van der Waals surface area contributed by atoms with Crippen LogP contribution in [0.1, 0.15) is 51.9 Å². The Balaban J connectivity index is 1.53. The van der Waals surface area contributed by atoms with E-state index >= 15 is 0 Å². The normalized spacial score (nSPS) is 25.2. The van der Waals surface area contributed by atoms with Crippen LogP contribution in [0.25, 0.3) is 0 Å². The first kappa shape index (κ1) is 13.4. The van der Waals surface area contributed by atoms with Gasteiger partial charge in [0.2, 0.25) is 0 Å². The van der Waals surface area contributed by atoms with Crippen LogP contribution in [0.4, 0.5) is 0 Å². The molecule has 100 valence electrons. The molecule has 2 aliphatic heterocycles. The van der Waals surface area contributed by atoms with Gasteiger partial charge in [0.25, 0.3) is 0 Å². The van der Waals surface area contributed by atoms with E-state index in [-0.39, 0.29) is 0 Å². The molecular weight excluding hydrogens is 208 g/mol. The van der Waals surface area contributed by atoms with Gasteiger partial charge in [0.1, 0.15) is 0 Å². The highest BCUT2D eigenvalue weighted by atomic mass is 15.1. The van der Waals surface area contributed by atoms with Gasteiger partial charge >= 0.3 is 0 Å². The standard InChI is InChI=1S/C15H30N2/c1-2-14-7-12-17(13-8-14)11-3-4-15-5-9-16-10-6-15/h14-16H,2-13H2,1H3. The van der Waals surface area contributed by atoms with Gasteiger partial charge in [0.05, 0.1) is 0 Å². The van der Waals surface area contributed by atoms with E-state index in [9.17, 15) is 0 Å². The second-order valence-corrected chi connectivity index (χ2v) is 6.03. The third-order valence-electron chi connectivity index (χ3n) is 4.83. The zero-order valence-corrected chi connectivity index (χ0v) is 11.6. The largest absolute Gasteiger partial charge is 0.317 e. The van der Waals surface area contributed by atoms with Crippen molar-refractivity contribution >= 4 is 0 Å². The average Bonchev–Trinajstić information content (AvgIpc) is 2.41. The Morgan fingerprint density at radius 2 is 1.71 bits per heavy atom. The zero-order valence-electron chi connectivity index (χ0n) is 11.6. The first-order valence-electron chi connectivity index (χ1n) is 7.81. The third-order valence-corrected chi connectivity index (χ3v) is 4.83. The quantitative estimate of drug-likeness (QED) is 0.792. The molecule has 0 aromatic rings. The maximum Gasteiger partial charge on any atom is -0.00161 e. The molecule has 2 rings (SSSR count). The first-order valence-corrected chi connectivity index (χ1v) is 7.81. The molecule has 0 aromatic carbocycles. The zero-order chi connectivity index (χ0) is 11.9. The highest BCUT2D eigenvalue weighted by Gasteiger charge is 2.18. The van der Waals surface area contributed by atoms with Gasteiger partial charge in [-0.3, -0.25) is 0 Å². The third kappa shape index (κ3) is 4.59. The van der Waals surface area contributed by atoms with E-state index in [4.69, 9.17) is 0 Å². The molecular formula is C15H30N2. The molecule has 0 aromatic heterocycles. The van der Waals surface area contributed by atoms with Gasteiger partial charge in [-0.25, -0.2) is 0 Å². The predicted octanol–water partition coefficient (Wildman–Crippen LogP) is 2.89. The molecule has 0 unspecified atom stereocenters. The molecule has 0 spiro atoms. The van der Waals surface area contributed by atoms with Crippen molar-refractivity contribution in [3.8, 4) is 0 Å². The average molecular weight is 238 g/mol. The lowest BCUT2D eigenvalue weighted by molar-refractivity contribution is 0.174. The van der Waals surface area contributed by atoms with E-state index in [0.717, 1.165) is 11.8 Å². The van der Waals surface area contributed by atoms with Crippen LogP contribution in [-0.2, 0) is 0 Å². The van der Waals surface area contributed by atoms with Crippen LogP contribution in [0.3, 0.4) is 0 Å². The number of rotatable bonds is 5. The summed E-state index contributed by atoms with van der Waals surface area (Å²) in [4.78, 5) is 2.70. The van der Waals surface area contributed by atoms with Crippen molar-refractivity contribution in [2.75, 3.05) is 32.7 Å². The van der Waals surface area contributed by atoms with Crippen molar-refractivity contribution in [1.82, 2.24) is 10.2 Å². The number of hydrogen-bond acceptors (Lipinski definition) is 2. The Labute approximate surface area is 107 Å². The monoisotopic (exact) mass is 238 g/mol. The van der Waals surface area contributed by atoms with Crippen molar-refractivity contribution in [3.05, 3.63) is 0 Å². The first-order chi connectivity index (χ1) is 8.38. The summed E-state index contributed by atoms with van der Waals surface area (Å²) in [7, 11) is 0. The lowest BCUT2D eigenvalue weighted by Crippen LogP contribution is -2.34. The molecule has 0 bridgehead atoms. The molecule has 0 radical (unpaired) electrons. The number of nitrogens with zero attached hydrogens (tertiary/aromatic N) is 1. The molecule has 2 heterocycles. The maximum absolute atomic E-state index is 3.46. The summed E-state index contributed by atoms with van der Waals surface area (Å²) in [6.45, 7) is 8.95. The molecule has 2 saturated heterocycles. The molecule has 0 amide bonds. The molecule has 2 heteroatoms. The van der Waals surface area contributed by atoms with Gasteiger partial charge in [-0.05, 0) is 83.1 Å². The molecule has 0 atom stereocenters. The van der Waals surface area contributed by atoms with Crippen molar-refractivity contribution < 1.29 is 0 Å².